The van der Waals surface area contributed by atoms with Crippen molar-refractivity contribution in [1.82, 2.24) is 14.9 Å². The number of aliphatic hydroxyl groups is 1. The van der Waals surface area contributed by atoms with Crippen LogP contribution in [0.1, 0.15) is 55.7 Å². The third-order valence-corrected chi connectivity index (χ3v) is 6.58. The number of hydrogen-bond acceptors (Lipinski definition) is 7. The third kappa shape index (κ3) is 7.26. The van der Waals surface area contributed by atoms with Crippen molar-refractivity contribution in [2.75, 3.05) is 43.5 Å². The second-order valence-electron chi connectivity index (χ2n) is 10.4. The van der Waals surface area contributed by atoms with Crippen LogP contribution < -0.4 is 10.6 Å². The van der Waals surface area contributed by atoms with Gasteiger partial charge in [-0.15, -0.1) is 0 Å². The molecule has 1 saturated heterocycles. The number of nitrogens with one attached hydrogen (secondary N) is 2. The summed E-state index contributed by atoms with van der Waals surface area (Å²) in [6.07, 6.45) is 6.48. The summed E-state index contributed by atoms with van der Waals surface area (Å²) in [6, 6.07) is 14.1. The summed E-state index contributed by atoms with van der Waals surface area (Å²) in [4.78, 5) is 11.0. The summed E-state index contributed by atoms with van der Waals surface area (Å²) >= 11 is 0. The van der Waals surface area contributed by atoms with Gasteiger partial charge < -0.3 is 20.5 Å². The number of ether oxygens (including phenoxy) is 1. The highest BCUT2D eigenvalue weighted by Crippen LogP contribution is 2.31. The number of aliphatic hydroxyl groups excluding tert-OH is 1. The molecule has 1 atom stereocenters. The first-order valence-corrected chi connectivity index (χ1v) is 12.9. The molecule has 2 aromatic heterocycles. The molecule has 3 aromatic rings. The van der Waals surface area contributed by atoms with Crippen molar-refractivity contribution >= 4 is 11.5 Å². The van der Waals surface area contributed by atoms with E-state index >= 15 is 0 Å². The summed E-state index contributed by atoms with van der Waals surface area (Å²) in [5.41, 5.74) is 5.45. The monoisotopic (exact) mass is 489 g/mol. The molecule has 0 spiro atoms. The highest BCUT2D eigenvalue weighted by atomic mass is 16.5. The highest BCUT2D eigenvalue weighted by molar-refractivity contribution is 5.54. The molecule has 0 bridgehead atoms. The Bertz CT molecular complexity index is 1090. The van der Waals surface area contributed by atoms with Gasteiger partial charge in [0.05, 0.1) is 13.2 Å². The van der Waals surface area contributed by atoms with E-state index in [1.807, 2.05) is 24.3 Å². The number of morpholine rings is 1. The predicted molar refractivity (Wildman–Crippen MR) is 145 cm³/mol. The minimum atomic E-state index is -0.889. The molecule has 0 saturated carbocycles. The van der Waals surface area contributed by atoms with Crippen molar-refractivity contribution in [3.63, 3.8) is 0 Å². The van der Waals surface area contributed by atoms with Crippen LogP contribution in [0.2, 0.25) is 0 Å². The summed E-state index contributed by atoms with van der Waals surface area (Å²) in [5.74, 6) is 0.659. The lowest BCUT2D eigenvalue weighted by Crippen LogP contribution is -2.37. The third-order valence-electron chi connectivity index (χ3n) is 6.58. The fourth-order valence-electron chi connectivity index (χ4n) is 4.65. The molecular weight excluding hydrogens is 450 g/mol. The van der Waals surface area contributed by atoms with Gasteiger partial charge in [-0.2, -0.15) is 0 Å². The van der Waals surface area contributed by atoms with Gasteiger partial charge in [0, 0.05) is 49.5 Å². The minimum Gasteiger partial charge on any atom is -0.379 e. The van der Waals surface area contributed by atoms with E-state index in [4.69, 9.17) is 4.74 Å². The number of nitrogens with zero attached hydrogens (tertiary/aromatic N) is 3. The Balaban J connectivity index is 1.45. The van der Waals surface area contributed by atoms with E-state index in [9.17, 15) is 5.11 Å². The molecule has 4 rings (SSSR count). The van der Waals surface area contributed by atoms with Crippen molar-refractivity contribution in [1.29, 1.82) is 0 Å². The zero-order valence-electron chi connectivity index (χ0n) is 21.7. The average Bonchev–Trinajstić information content (AvgIpc) is 2.88. The number of pyridine rings is 2. The van der Waals surface area contributed by atoms with Crippen LogP contribution >= 0.6 is 0 Å². The van der Waals surface area contributed by atoms with Gasteiger partial charge >= 0.3 is 0 Å². The Hall–Kier alpha value is -3.00. The van der Waals surface area contributed by atoms with E-state index in [1.54, 1.807) is 18.6 Å². The van der Waals surface area contributed by atoms with Gasteiger partial charge in [-0.3, -0.25) is 9.88 Å². The summed E-state index contributed by atoms with van der Waals surface area (Å²) < 4.78 is 5.48. The van der Waals surface area contributed by atoms with Crippen molar-refractivity contribution < 1.29 is 9.84 Å². The Morgan fingerprint density at radius 1 is 1.06 bits per heavy atom. The maximum atomic E-state index is 11.1. The molecular formula is C29H39N5O2. The van der Waals surface area contributed by atoms with Gasteiger partial charge in [0.1, 0.15) is 5.82 Å². The first kappa shape index (κ1) is 26.1. The Kier molecular flexibility index (Phi) is 8.91. The number of benzene rings is 1. The molecule has 1 aliphatic rings. The highest BCUT2D eigenvalue weighted by Gasteiger charge is 2.20. The van der Waals surface area contributed by atoms with Crippen LogP contribution in [0.15, 0.2) is 61.1 Å². The lowest BCUT2D eigenvalue weighted by molar-refractivity contribution is 0.0374. The first-order valence-electron chi connectivity index (χ1n) is 12.9. The molecule has 7 heteroatoms. The molecule has 192 valence electrons. The van der Waals surface area contributed by atoms with E-state index in [-0.39, 0.29) is 5.41 Å². The molecule has 7 nitrogen and oxygen atoms in total. The quantitative estimate of drug-likeness (QED) is 0.354. The summed E-state index contributed by atoms with van der Waals surface area (Å²) in [7, 11) is 0. The Morgan fingerprint density at radius 2 is 1.83 bits per heavy atom. The number of hydrogen-bond donors (Lipinski definition) is 3. The van der Waals surface area contributed by atoms with Crippen molar-refractivity contribution in [3.05, 3.63) is 83.3 Å². The van der Waals surface area contributed by atoms with Gasteiger partial charge in [0.15, 0.2) is 6.23 Å². The fraction of sp³-hybridized carbons (Fsp3) is 0.448. The standard InChI is InChI=1S/C29H39N5O2/c1-29(2,3)26-9-8-24(20-23(26)6-5-15-34-16-18-36-19-17-34)33-28(35)25-7-4-12-31-27(25)32-21-22-10-13-30-14-11-22/h4,7-14,20,28,33,35H,5-6,15-19,21H2,1-3H3,(H,31,32). The minimum absolute atomic E-state index is 0.0544. The Morgan fingerprint density at radius 3 is 2.58 bits per heavy atom. The fourth-order valence-corrected chi connectivity index (χ4v) is 4.65. The molecule has 1 aliphatic heterocycles. The van der Waals surface area contributed by atoms with E-state index in [0.29, 0.717) is 17.9 Å². The molecule has 3 heterocycles. The molecule has 0 aliphatic carbocycles. The first-order chi connectivity index (χ1) is 17.4. The van der Waals surface area contributed by atoms with Gasteiger partial charge in [0.2, 0.25) is 0 Å². The predicted octanol–water partition coefficient (Wildman–Crippen LogP) is 4.75. The topological polar surface area (TPSA) is 82.5 Å². The average molecular weight is 490 g/mol. The molecule has 1 unspecified atom stereocenters. The van der Waals surface area contributed by atoms with Crippen molar-refractivity contribution in [2.24, 2.45) is 0 Å². The molecule has 36 heavy (non-hydrogen) atoms. The number of rotatable bonds is 10. The van der Waals surface area contributed by atoms with Crippen LogP contribution in [0.3, 0.4) is 0 Å². The van der Waals surface area contributed by atoms with Crippen LogP contribution in [0, 0.1) is 0 Å². The van der Waals surface area contributed by atoms with Gasteiger partial charge in [0.25, 0.3) is 0 Å². The smallest absolute Gasteiger partial charge is 0.154 e. The molecule has 0 radical (unpaired) electrons. The number of anilines is 2. The van der Waals surface area contributed by atoms with Gasteiger partial charge in [-0.25, -0.2) is 4.98 Å². The van der Waals surface area contributed by atoms with Crippen LogP contribution in [0.4, 0.5) is 11.5 Å². The van der Waals surface area contributed by atoms with E-state index in [2.05, 4.69) is 64.5 Å². The maximum absolute atomic E-state index is 11.1. The zero-order chi connectivity index (χ0) is 25.4. The zero-order valence-corrected chi connectivity index (χ0v) is 21.7. The molecule has 1 aromatic carbocycles. The second kappa shape index (κ2) is 12.3. The van der Waals surface area contributed by atoms with Gasteiger partial charge in [-0.05, 0) is 77.9 Å². The van der Waals surface area contributed by atoms with Crippen LogP contribution in [-0.2, 0) is 23.1 Å². The maximum Gasteiger partial charge on any atom is 0.154 e. The Labute approximate surface area is 214 Å². The van der Waals surface area contributed by atoms with Crippen molar-refractivity contribution in [3.8, 4) is 0 Å². The van der Waals surface area contributed by atoms with Crippen molar-refractivity contribution in [2.45, 2.75) is 51.8 Å². The van der Waals surface area contributed by atoms with Crippen LogP contribution in [0.25, 0.3) is 0 Å². The van der Waals surface area contributed by atoms with E-state index in [1.165, 1.54) is 11.1 Å². The molecule has 3 N–H and O–H groups in total. The van der Waals surface area contributed by atoms with E-state index < -0.39 is 6.23 Å². The molecule has 0 amide bonds. The summed E-state index contributed by atoms with van der Waals surface area (Å²) in [5, 5.41) is 17.7. The lowest BCUT2D eigenvalue weighted by Gasteiger charge is -2.28. The normalized spacial score (nSPS) is 15.4. The summed E-state index contributed by atoms with van der Waals surface area (Å²) in [6.45, 7) is 12.1. The lowest BCUT2D eigenvalue weighted by atomic mass is 9.82. The number of aromatic nitrogens is 2. The van der Waals surface area contributed by atoms with Gasteiger partial charge in [-0.1, -0.05) is 26.8 Å². The van der Waals surface area contributed by atoms with E-state index in [0.717, 1.165) is 56.9 Å². The number of aryl methyl sites for hydroxylation is 1. The molecule has 1 fully saturated rings. The van der Waals surface area contributed by atoms with Crippen LogP contribution in [-0.4, -0.2) is 52.8 Å². The largest absolute Gasteiger partial charge is 0.379 e. The second-order valence-corrected chi connectivity index (χ2v) is 10.4. The van der Waals surface area contributed by atoms with Crippen LogP contribution in [0.5, 0.6) is 0 Å². The SMILES string of the molecule is CC(C)(C)c1ccc(NC(O)c2cccnc2NCc2ccncc2)cc1CCCN1CCOCC1.